The number of hydrogen-bond acceptors (Lipinski definition) is 5. The summed E-state index contributed by atoms with van der Waals surface area (Å²) in [6.07, 6.45) is 2.53. The summed E-state index contributed by atoms with van der Waals surface area (Å²) >= 11 is 0. The molecule has 2 rings (SSSR count). The number of β-amino-alcohol motifs (C(OH)–C–C–N with tert-alkyl or cyclic N) is 1. The summed E-state index contributed by atoms with van der Waals surface area (Å²) < 4.78 is 0. The number of aliphatic hydroxyl groups excluding tert-OH is 1. The number of anilines is 1. The predicted octanol–water partition coefficient (Wildman–Crippen LogP) is -0.499. The molecule has 0 saturated carbocycles. The second-order valence-corrected chi connectivity index (χ2v) is 3.46. The Hall–Kier alpha value is -1.69. The third-order valence-corrected chi connectivity index (χ3v) is 2.42. The second kappa shape index (κ2) is 3.82. The molecule has 0 aliphatic carbocycles. The summed E-state index contributed by atoms with van der Waals surface area (Å²) in [4.78, 5) is 20.2. The molecule has 6 heteroatoms. The van der Waals surface area contributed by atoms with Gasteiger partial charge in [0.1, 0.15) is 18.2 Å². The Bertz CT molecular complexity index is 357. The Morgan fingerprint density at radius 3 is 3.00 bits per heavy atom. The third-order valence-electron chi connectivity index (χ3n) is 2.42. The Morgan fingerprint density at radius 1 is 1.60 bits per heavy atom. The van der Waals surface area contributed by atoms with Crippen molar-refractivity contribution < 1.29 is 15.0 Å². The van der Waals surface area contributed by atoms with Crippen LogP contribution in [0.25, 0.3) is 0 Å². The molecule has 0 aromatic carbocycles. The van der Waals surface area contributed by atoms with Gasteiger partial charge in [0.2, 0.25) is 0 Å². The molecule has 1 aromatic rings. The fourth-order valence-corrected chi connectivity index (χ4v) is 1.75. The maximum atomic E-state index is 10.9. The lowest BCUT2D eigenvalue weighted by molar-refractivity contribution is -0.138. The fourth-order valence-electron chi connectivity index (χ4n) is 1.75. The van der Waals surface area contributed by atoms with Crippen LogP contribution in [0.1, 0.15) is 6.42 Å². The van der Waals surface area contributed by atoms with Gasteiger partial charge in [-0.15, -0.1) is 0 Å². The maximum absolute atomic E-state index is 10.9. The first-order valence-corrected chi connectivity index (χ1v) is 4.62. The highest BCUT2D eigenvalue weighted by atomic mass is 16.4. The normalized spacial score (nSPS) is 25.5. The summed E-state index contributed by atoms with van der Waals surface area (Å²) in [5.41, 5.74) is 0. The van der Waals surface area contributed by atoms with Crippen molar-refractivity contribution in [2.45, 2.75) is 18.6 Å². The Labute approximate surface area is 86.2 Å². The highest BCUT2D eigenvalue weighted by molar-refractivity contribution is 5.78. The average molecular weight is 209 g/mol. The van der Waals surface area contributed by atoms with Crippen molar-refractivity contribution in [3.8, 4) is 0 Å². The minimum absolute atomic E-state index is 0.235. The molecule has 2 atom stereocenters. The minimum Gasteiger partial charge on any atom is -0.480 e. The molecular weight excluding hydrogens is 198 g/mol. The van der Waals surface area contributed by atoms with Gasteiger partial charge < -0.3 is 15.1 Å². The van der Waals surface area contributed by atoms with E-state index in [0.29, 0.717) is 12.4 Å². The lowest BCUT2D eigenvalue weighted by atomic mass is 10.2. The van der Waals surface area contributed by atoms with Crippen LogP contribution in [0, 0.1) is 0 Å². The number of aromatic nitrogens is 2. The topological polar surface area (TPSA) is 86.5 Å². The quantitative estimate of drug-likeness (QED) is 0.683. The molecule has 1 aromatic heterocycles. The summed E-state index contributed by atoms with van der Waals surface area (Å²) in [6, 6.07) is 0.934. The molecule has 0 spiro atoms. The van der Waals surface area contributed by atoms with Gasteiger partial charge in [0, 0.05) is 19.2 Å². The first kappa shape index (κ1) is 9.85. The molecule has 1 aliphatic rings. The highest BCUT2D eigenvalue weighted by Crippen LogP contribution is 2.23. The number of carboxylic acids is 1. The van der Waals surface area contributed by atoms with Crippen molar-refractivity contribution in [2.24, 2.45) is 0 Å². The standard InChI is InChI=1S/C9H11N3O3/c13-6-3-7(9(14)15)12(4-6)8-1-2-10-5-11-8/h1-2,5-7,13H,3-4H2,(H,14,15)/t6-,7+/m0/s1. The zero-order valence-electron chi connectivity index (χ0n) is 7.95. The molecule has 0 bridgehead atoms. The smallest absolute Gasteiger partial charge is 0.326 e. The van der Waals surface area contributed by atoms with E-state index in [1.54, 1.807) is 17.2 Å². The van der Waals surface area contributed by atoms with E-state index in [2.05, 4.69) is 9.97 Å². The van der Waals surface area contributed by atoms with E-state index in [9.17, 15) is 9.90 Å². The first-order chi connectivity index (χ1) is 7.18. The van der Waals surface area contributed by atoms with Crippen LogP contribution in [0.15, 0.2) is 18.6 Å². The SMILES string of the molecule is O=C(O)[C@H]1C[C@H](O)CN1c1ccncn1. The molecular formula is C9H11N3O3. The van der Waals surface area contributed by atoms with Crippen LogP contribution in [0.3, 0.4) is 0 Å². The van der Waals surface area contributed by atoms with Crippen molar-refractivity contribution >= 4 is 11.8 Å². The number of nitrogens with zero attached hydrogens (tertiary/aromatic N) is 3. The molecule has 1 saturated heterocycles. The average Bonchev–Trinajstić information content (AvgIpc) is 2.62. The summed E-state index contributed by atoms with van der Waals surface area (Å²) in [7, 11) is 0. The number of carbonyl (C=O) groups is 1. The van der Waals surface area contributed by atoms with Gasteiger partial charge in [0.25, 0.3) is 0 Å². The summed E-state index contributed by atoms with van der Waals surface area (Å²) in [6.45, 7) is 0.300. The Balaban J connectivity index is 2.24. The van der Waals surface area contributed by atoms with Crippen molar-refractivity contribution in [1.82, 2.24) is 9.97 Å². The number of carboxylic acid groups (broad SMARTS) is 1. The lowest BCUT2D eigenvalue weighted by Crippen LogP contribution is -2.36. The molecule has 2 heterocycles. The van der Waals surface area contributed by atoms with Gasteiger partial charge >= 0.3 is 5.97 Å². The van der Waals surface area contributed by atoms with Crippen LogP contribution in [-0.2, 0) is 4.79 Å². The van der Waals surface area contributed by atoms with Gasteiger partial charge in [-0.3, -0.25) is 0 Å². The zero-order chi connectivity index (χ0) is 10.8. The molecule has 2 N–H and O–H groups in total. The van der Waals surface area contributed by atoms with Crippen molar-refractivity contribution in [1.29, 1.82) is 0 Å². The lowest BCUT2D eigenvalue weighted by Gasteiger charge is -2.21. The summed E-state index contributed by atoms with van der Waals surface area (Å²) in [5, 5.41) is 18.4. The van der Waals surface area contributed by atoms with Crippen molar-refractivity contribution in [3.63, 3.8) is 0 Å². The molecule has 80 valence electrons. The van der Waals surface area contributed by atoms with Gasteiger partial charge in [-0.1, -0.05) is 0 Å². The van der Waals surface area contributed by atoms with Crippen LogP contribution >= 0.6 is 0 Å². The molecule has 0 amide bonds. The molecule has 0 radical (unpaired) electrons. The van der Waals surface area contributed by atoms with Crippen LogP contribution in [0.5, 0.6) is 0 Å². The van der Waals surface area contributed by atoms with E-state index in [-0.39, 0.29) is 6.42 Å². The molecule has 0 unspecified atom stereocenters. The van der Waals surface area contributed by atoms with Gasteiger partial charge in [-0.25, -0.2) is 14.8 Å². The number of hydrogen-bond donors (Lipinski definition) is 2. The van der Waals surface area contributed by atoms with E-state index in [4.69, 9.17) is 5.11 Å². The van der Waals surface area contributed by atoms with Gasteiger partial charge in [0.05, 0.1) is 6.10 Å². The third kappa shape index (κ3) is 1.89. The zero-order valence-corrected chi connectivity index (χ0v) is 7.95. The largest absolute Gasteiger partial charge is 0.480 e. The van der Waals surface area contributed by atoms with E-state index in [1.807, 2.05) is 0 Å². The first-order valence-electron chi connectivity index (χ1n) is 4.62. The Morgan fingerprint density at radius 2 is 2.40 bits per heavy atom. The van der Waals surface area contributed by atoms with E-state index in [0.717, 1.165) is 0 Å². The van der Waals surface area contributed by atoms with Gasteiger partial charge in [-0.05, 0) is 6.07 Å². The molecule has 15 heavy (non-hydrogen) atoms. The fraction of sp³-hybridized carbons (Fsp3) is 0.444. The van der Waals surface area contributed by atoms with Crippen LogP contribution in [0.2, 0.25) is 0 Å². The van der Waals surface area contributed by atoms with Crippen molar-refractivity contribution in [2.75, 3.05) is 11.4 Å². The molecule has 1 aliphatic heterocycles. The van der Waals surface area contributed by atoms with Crippen molar-refractivity contribution in [3.05, 3.63) is 18.6 Å². The van der Waals surface area contributed by atoms with Crippen LogP contribution in [0.4, 0.5) is 5.82 Å². The minimum atomic E-state index is -0.940. The maximum Gasteiger partial charge on any atom is 0.326 e. The second-order valence-electron chi connectivity index (χ2n) is 3.46. The monoisotopic (exact) mass is 209 g/mol. The Kier molecular flexibility index (Phi) is 2.51. The van der Waals surface area contributed by atoms with Gasteiger partial charge in [-0.2, -0.15) is 0 Å². The van der Waals surface area contributed by atoms with E-state index >= 15 is 0 Å². The van der Waals surface area contributed by atoms with E-state index < -0.39 is 18.1 Å². The number of aliphatic hydroxyl groups is 1. The van der Waals surface area contributed by atoms with E-state index in [1.165, 1.54) is 6.33 Å². The van der Waals surface area contributed by atoms with Crippen LogP contribution < -0.4 is 4.90 Å². The van der Waals surface area contributed by atoms with Gasteiger partial charge in [0.15, 0.2) is 0 Å². The summed E-state index contributed by atoms with van der Waals surface area (Å²) in [5.74, 6) is -0.404. The van der Waals surface area contributed by atoms with Crippen LogP contribution in [-0.4, -0.2) is 44.8 Å². The molecule has 1 fully saturated rings. The highest BCUT2D eigenvalue weighted by Gasteiger charge is 2.36. The number of aliphatic carboxylic acids is 1. The molecule has 6 nitrogen and oxygen atoms in total. The predicted molar refractivity (Wildman–Crippen MR) is 51.4 cm³/mol. The number of rotatable bonds is 2.